The third-order valence-corrected chi connectivity index (χ3v) is 11.3. The Hall–Kier alpha value is -6.22. The number of carbonyl (C=O) groups is 3. The number of carbonyl (C=O) groups excluding carboxylic acids is 3. The number of rotatable bonds is 10. The van der Waals surface area contributed by atoms with E-state index in [1.807, 2.05) is 78.9 Å². The molecular formula is C48H45Cl2N3O8. The van der Waals surface area contributed by atoms with Gasteiger partial charge in [0.25, 0.3) is 0 Å². The quantitative estimate of drug-likeness (QED) is 0.136. The normalized spacial score (nSPS) is 16.6. The third-order valence-electron chi connectivity index (χ3n) is 10.5. The Labute approximate surface area is 365 Å². The highest BCUT2D eigenvalue weighted by Gasteiger charge is 2.43. The van der Waals surface area contributed by atoms with Gasteiger partial charge in [0.2, 0.25) is 5.91 Å². The van der Waals surface area contributed by atoms with Crippen molar-refractivity contribution >= 4 is 41.2 Å². The first-order valence-corrected chi connectivity index (χ1v) is 20.5. The fourth-order valence-corrected chi connectivity index (χ4v) is 7.67. The fourth-order valence-electron chi connectivity index (χ4n) is 7.35. The number of ether oxygens (including phenoxy) is 5. The van der Waals surface area contributed by atoms with Crippen molar-refractivity contribution in [2.75, 3.05) is 13.7 Å². The predicted molar refractivity (Wildman–Crippen MR) is 231 cm³/mol. The Morgan fingerprint density at radius 3 is 2.13 bits per heavy atom. The molecule has 0 bridgehead atoms. The van der Waals surface area contributed by atoms with Gasteiger partial charge in [-0.1, -0.05) is 77.8 Å². The van der Waals surface area contributed by atoms with E-state index >= 15 is 0 Å². The van der Waals surface area contributed by atoms with Gasteiger partial charge in [0, 0.05) is 12.8 Å². The molecule has 7 rings (SSSR count). The minimum atomic E-state index is -1.49. The Morgan fingerprint density at radius 1 is 0.836 bits per heavy atom. The SMILES string of the molecule is COC(=O)[C@](C)(Cc1ccc(-c2ccc(C#N)cc2)cc1)NC(=O)C1Cc2cc3c(cc2CN1C(=O)OC(C)(C)C)OC(c1ccc(OCc2ccc(Cl)c(Cl)c2)cc1)CO3. The molecule has 0 radical (unpaired) electrons. The minimum absolute atomic E-state index is 0.0419. The van der Waals surface area contributed by atoms with Crippen molar-refractivity contribution in [3.8, 4) is 34.4 Å². The first kappa shape index (κ1) is 42.9. The second-order valence-corrected chi connectivity index (χ2v) is 17.1. The minimum Gasteiger partial charge on any atom is -0.489 e. The van der Waals surface area contributed by atoms with E-state index in [-0.39, 0.29) is 26.0 Å². The van der Waals surface area contributed by atoms with Crippen LogP contribution in [0.15, 0.2) is 103 Å². The lowest BCUT2D eigenvalue weighted by atomic mass is 9.89. The Balaban J connectivity index is 1.07. The van der Waals surface area contributed by atoms with Crippen LogP contribution in [0.2, 0.25) is 10.0 Å². The van der Waals surface area contributed by atoms with Gasteiger partial charge in [0.05, 0.1) is 35.3 Å². The van der Waals surface area contributed by atoms with Gasteiger partial charge in [-0.25, -0.2) is 9.59 Å². The molecule has 0 fully saturated rings. The van der Waals surface area contributed by atoms with Gasteiger partial charge in [-0.15, -0.1) is 0 Å². The van der Waals surface area contributed by atoms with Crippen LogP contribution in [-0.4, -0.2) is 53.8 Å². The van der Waals surface area contributed by atoms with Gasteiger partial charge in [-0.2, -0.15) is 5.26 Å². The Kier molecular flexibility index (Phi) is 12.5. The van der Waals surface area contributed by atoms with Crippen molar-refractivity contribution in [3.63, 3.8) is 0 Å². The number of hydrogen-bond donors (Lipinski definition) is 1. The number of amides is 2. The molecule has 61 heavy (non-hydrogen) atoms. The third kappa shape index (κ3) is 10.1. The maximum absolute atomic E-state index is 14.4. The smallest absolute Gasteiger partial charge is 0.411 e. The molecule has 0 saturated carbocycles. The molecule has 13 heteroatoms. The van der Waals surface area contributed by atoms with Gasteiger partial charge >= 0.3 is 12.1 Å². The number of hydrogen-bond acceptors (Lipinski definition) is 9. The molecule has 0 saturated heterocycles. The molecule has 1 N–H and O–H groups in total. The van der Waals surface area contributed by atoms with Crippen molar-refractivity contribution in [2.45, 2.75) is 77.0 Å². The van der Waals surface area contributed by atoms with Crippen LogP contribution in [0, 0.1) is 11.3 Å². The van der Waals surface area contributed by atoms with Crippen LogP contribution >= 0.6 is 23.2 Å². The highest BCUT2D eigenvalue weighted by molar-refractivity contribution is 6.42. The van der Waals surface area contributed by atoms with Crippen LogP contribution in [0.1, 0.15) is 67.2 Å². The molecule has 2 amide bonds. The second-order valence-electron chi connectivity index (χ2n) is 16.3. The molecule has 3 atom stereocenters. The zero-order valence-corrected chi connectivity index (χ0v) is 35.9. The van der Waals surface area contributed by atoms with Crippen molar-refractivity contribution in [2.24, 2.45) is 0 Å². The van der Waals surface area contributed by atoms with Gasteiger partial charge < -0.3 is 29.0 Å². The zero-order valence-electron chi connectivity index (χ0n) is 34.4. The maximum Gasteiger partial charge on any atom is 0.411 e. The van der Waals surface area contributed by atoms with Crippen LogP contribution in [0.25, 0.3) is 11.1 Å². The van der Waals surface area contributed by atoms with E-state index in [1.54, 1.807) is 52.0 Å². The standard InChI is InChI=1S/C48H45Cl2N3O8/c1-47(2,3)61-46(56)53-26-36-23-42-41(59-28-43(60-42)34-15-17-37(18-16-34)58-27-31-10-19-38(49)39(50)20-31)22-35(36)21-40(53)44(54)52-48(4,45(55)57-5)24-29-6-11-32(12-7-29)33-13-8-30(25-51)9-14-33/h6-20,22-23,40,43H,21,24,26-28H2,1-5H3,(H,52,54)/t40?,43?,48-/m0/s1. The van der Waals surface area contributed by atoms with Crippen molar-refractivity contribution < 1.29 is 38.1 Å². The second kappa shape index (κ2) is 17.8. The molecule has 5 aromatic carbocycles. The summed E-state index contributed by atoms with van der Waals surface area (Å²) >= 11 is 12.2. The number of methoxy groups -OCH3 is 1. The number of halogens is 2. The number of esters is 1. The summed E-state index contributed by atoms with van der Waals surface area (Å²) in [6, 6.07) is 32.6. The van der Waals surface area contributed by atoms with E-state index < -0.39 is 41.3 Å². The highest BCUT2D eigenvalue weighted by Crippen LogP contribution is 2.41. The zero-order chi connectivity index (χ0) is 43.5. The molecular weight excluding hydrogens is 817 g/mol. The number of fused-ring (bicyclic) bond motifs is 2. The number of nitrogens with one attached hydrogen (secondary N) is 1. The molecule has 2 aliphatic heterocycles. The van der Waals surface area contributed by atoms with Crippen molar-refractivity contribution in [1.82, 2.24) is 10.2 Å². The molecule has 2 heterocycles. The van der Waals surface area contributed by atoms with Gasteiger partial charge in [-0.3, -0.25) is 9.69 Å². The van der Waals surface area contributed by atoms with E-state index in [0.29, 0.717) is 39.5 Å². The van der Waals surface area contributed by atoms with Crippen molar-refractivity contribution in [1.29, 1.82) is 5.26 Å². The van der Waals surface area contributed by atoms with E-state index in [2.05, 4.69) is 11.4 Å². The van der Waals surface area contributed by atoms with Crippen LogP contribution in [0.5, 0.6) is 17.2 Å². The summed E-state index contributed by atoms with van der Waals surface area (Å²) < 4.78 is 29.6. The van der Waals surface area contributed by atoms with Crippen LogP contribution < -0.4 is 19.5 Å². The number of benzene rings is 5. The van der Waals surface area contributed by atoms with E-state index in [9.17, 15) is 14.4 Å². The molecule has 0 aliphatic carbocycles. The van der Waals surface area contributed by atoms with Crippen LogP contribution in [0.4, 0.5) is 4.79 Å². The molecule has 0 spiro atoms. The summed E-state index contributed by atoms with van der Waals surface area (Å²) in [5.41, 5.74) is 4.20. The highest BCUT2D eigenvalue weighted by atomic mass is 35.5. The number of nitrogens with zero attached hydrogens (tertiary/aromatic N) is 2. The summed E-state index contributed by atoms with van der Waals surface area (Å²) in [5, 5.41) is 13.0. The Morgan fingerprint density at radius 2 is 1.49 bits per heavy atom. The first-order chi connectivity index (χ1) is 29.1. The average molecular weight is 863 g/mol. The van der Waals surface area contributed by atoms with Crippen LogP contribution in [0.3, 0.4) is 0 Å². The monoisotopic (exact) mass is 861 g/mol. The Bertz CT molecular complexity index is 2480. The first-order valence-electron chi connectivity index (χ1n) is 19.7. The lowest BCUT2D eigenvalue weighted by molar-refractivity contribution is -0.151. The number of nitriles is 1. The van der Waals surface area contributed by atoms with Crippen molar-refractivity contribution in [3.05, 3.63) is 147 Å². The summed E-state index contributed by atoms with van der Waals surface area (Å²) in [6.07, 6.45) is -0.850. The lowest BCUT2D eigenvalue weighted by Crippen LogP contribution is -2.61. The summed E-state index contributed by atoms with van der Waals surface area (Å²) in [5.74, 6) is 0.508. The largest absolute Gasteiger partial charge is 0.489 e. The topological polar surface area (TPSA) is 136 Å². The fraction of sp³-hybridized carbons (Fsp3) is 0.292. The summed E-state index contributed by atoms with van der Waals surface area (Å²) in [7, 11) is 1.27. The predicted octanol–water partition coefficient (Wildman–Crippen LogP) is 9.58. The molecule has 314 valence electrons. The summed E-state index contributed by atoms with van der Waals surface area (Å²) in [4.78, 5) is 43.0. The maximum atomic E-state index is 14.4. The summed E-state index contributed by atoms with van der Waals surface area (Å²) in [6.45, 7) is 7.49. The molecule has 0 aromatic heterocycles. The molecule has 11 nitrogen and oxygen atoms in total. The lowest BCUT2D eigenvalue weighted by Gasteiger charge is -2.39. The van der Waals surface area contributed by atoms with Gasteiger partial charge in [0.1, 0.15) is 36.1 Å². The van der Waals surface area contributed by atoms with E-state index in [1.165, 1.54) is 12.0 Å². The van der Waals surface area contributed by atoms with Crippen LogP contribution in [-0.2, 0) is 45.1 Å². The van der Waals surface area contributed by atoms with Gasteiger partial charge in [0.15, 0.2) is 17.6 Å². The van der Waals surface area contributed by atoms with E-state index in [0.717, 1.165) is 38.9 Å². The molecule has 5 aromatic rings. The van der Waals surface area contributed by atoms with Gasteiger partial charge in [-0.05, 0) is 115 Å². The van der Waals surface area contributed by atoms with E-state index in [4.69, 9.17) is 52.1 Å². The molecule has 2 unspecified atom stereocenters. The molecule has 2 aliphatic rings. The average Bonchev–Trinajstić information content (AvgIpc) is 3.25.